The molecule has 246 valence electrons. The number of fused-ring (bicyclic) bond motifs is 1. The van der Waals surface area contributed by atoms with Crippen LogP contribution in [0.1, 0.15) is 48.1 Å². The summed E-state index contributed by atoms with van der Waals surface area (Å²) in [7, 11) is 1.25. The summed E-state index contributed by atoms with van der Waals surface area (Å²) < 4.78 is 166. The molecule has 0 bridgehead atoms. The molecule has 3 aromatic rings. The average Bonchev–Trinajstić information content (AvgIpc) is 3.33. The molecule has 1 aliphatic rings. The minimum atomic E-state index is -5.42. The van der Waals surface area contributed by atoms with Gasteiger partial charge in [-0.05, 0) is 60.0 Å². The highest BCUT2D eigenvalue weighted by molar-refractivity contribution is 5.99. The number of hydrogen-bond acceptors (Lipinski definition) is 6. The fourth-order valence-corrected chi connectivity index (χ4v) is 4.98. The highest BCUT2D eigenvalue weighted by Gasteiger charge is 2.49. The van der Waals surface area contributed by atoms with Crippen LogP contribution in [0.5, 0.6) is 5.75 Å². The van der Waals surface area contributed by atoms with Crippen molar-refractivity contribution in [1.29, 1.82) is 0 Å². The molecule has 0 spiro atoms. The van der Waals surface area contributed by atoms with Crippen molar-refractivity contribution in [1.82, 2.24) is 20.2 Å². The highest BCUT2D eigenvalue weighted by Crippen LogP contribution is 2.46. The second-order valence-electron chi connectivity index (χ2n) is 9.88. The molecule has 0 saturated heterocycles. The molecular weight excluding hydrogens is 644 g/mol. The third-order valence-corrected chi connectivity index (χ3v) is 6.78. The Kier molecular flexibility index (Phi) is 8.66. The van der Waals surface area contributed by atoms with E-state index in [9.17, 15) is 57.5 Å². The van der Waals surface area contributed by atoms with Gasteiger partial charge in [-0.2, -0.15) is 44.3 Å². The molecule has 0 fully saturated rings. The van der Waals surface area contributed by atoms with Gasteiger partial charge in [-0.25, -0.2) is 0 Å². The van der Waals surface area contributed by atoms with Gasteiger partial charge in [0.15, 0.2) is 0 Å². The van der Waals surface area contributed by atoms with E-state index in [0.717, 1.165) is 15.8 Å². The van der Waals surface area contributed by atoms with Crippen molar-refractivity contribution in [3.05, 3.63) is 58.7 Å². The SMILES string of the molecule is CC[C@@H]1C[C@H](N(Cc2cc(C(F)(F)F)cc(C(F)(F)F)c2)c2nnn(C)n2)c2cc(OC(F)(F)F)ccc2N1C(=O)C(F)(F)F. The number of halogens is 12. The van der Waals surface area contributed by atoms with Crippen molar-refractivity contribution in [2.75, 3.05) is 9.80 Å². The van der Waals surface area contributed by atoms with E-state index in [-0.39, 0.29) is 12.5 Å². The summed E-state index contributed by atoms with van der Waals surface area (Å²) in [6.45, 7) is 0.550. The summed E-state index contributed by atoms with van der Waals surface area (Å²) in [5.74, 6) is -3.71. The third-order valence-electron chi connectivity index (χ3n) is 6.78. The number of aromatic nitrogens is 4. The third kappa shape index (κ3) is 7.52. The molecule has 45 heavy (non-hydrogen) atoms. The molecule has 2 aromatic carbocycles. The summed E-state index contributed by atoms with van der Waals surface area (Å²) in [5.41, 5.74) is -4.87. The Morgan fingerprint density at radius 3 is 2.00 bits per heavy atom. The number of nitrogens with zero attached hydrogens (tertiary/aromatic N) is 6. The van der Waals surface area contributed by atoms with Crippen molar-refractivity contribution in [3.63, 3.8) is 0 Å². The molecule has 0 N–H and O–H groups in total. The van der Waals surface area contributed by atoms with Gasteiger partial charge in [0.25, 0.3) is 5.95 Å². The van der Waals surface area contributed by atoms with Crippen LogP contribution >= 0.6 is 0 Å². The fourth-order valence-electron chi connectivity index (χ4n) is 4.98. The zero-order valence-electron chi connectivity index (χ0n) is 22.8. The Balaban J connectivity index is 1.94. The molecule has 2 atom stereocenters. The number of rotatable bonds is 6. The van der Waals surface area contributed by atoms with Crippen LogP contribution in [-0.4, -0.2) is 44.7 Å². The molecular formula is C25H20F12N6O2. The van der Waals surface area contributed by atoms with Crippen molar-refractivity contribution < 1.29 is 62.2 Å². The van der Waals surface area contributed by atoms with Crippen molar-refractivity contribution >= 4 is 17.5 Å². The molecule has 20 heteroatoms. The van der Waals surface area contributed by atoms with Crippen LogP contribution in [0.25, 0.3) is 0 Å². The number of carbonyl (C=O) groups is 1. The van der Waals surface area contributed by atoms with E-state index in [4.69, 9.17) is 0 Å². The lowest BCUT2D eigenvalue weighted by atomic mass is 9.88. The molecule has 0 saturated carbocycles. The Bertz CT molecular complexity index is 1510. The average molecular weight is 664 g/mol. The van der Waals surface area contributed by atoms with Crippen molar-refractivity contribution in [2.45, 2.75) is 63.3 Å². The maximum absolute atomic E-state index is 13.6. The Hall–Kier alpha value is -4.26. The number of aryl methyl sites for hydroxylation is 1. The quantitative estimate of drug-likeness (QED) is 0.265. The number of ether oxygens (including phenoxy) is 1. The van der Waals surface area contributed by atoms with E-state index in [1.54, 1.807) is 0 Å². The van der Waals surface area contributed by atoms with Crippen LogP contribution in [0.15, 0.2) is 36.4 Å². The smallest absolute Gasteiger partial charge is 0.406 e. The van der Waals surface area contributed by atoms with E-state index < -0.39 is 95.5 Å². The fraction of sp³-hybridized carbons (Fsp3) is 0.440. The van der Waals surface area contributed by atoms with Gasteiger partial charge in [0, 0.05) is 23.8 Å². The highest BCUT2D eigenvalue weighted by atomic mass is 19.4. The molecule has 1 aromatic heterocycles. The topological polar surface area (TPSA) is 76.4 Å². The molecule has 8 nitrogen and oxygen atoms in total. The van der Waals surface area contributed by atoms with Gasteiger partial charge in [0.05, 0.1) is 24.2 Å². The zero-order chi connectivity index (χ0) is 33.7. The van der Waals surface area contributed by atoms with Crippen LogP contribution in [0.3, 0.4) is 0 Å². The minimum Gasteiger partial charge on any atom is -0.406 e. The van der Waals surface area contributed by atoms with E-state index in [0.29, 0.717) is 29.2 Å². The van der Waals surface area contributed by atoms with Crippen LogP contribution in [0.4, 0.5) is 64.3 Å². The molecule has 0 unspecified atom stereocenters. The van der Waals surface area contributed by atoms with Crippen molar-refractivity contribution in [2.24, 2.45) is 7.05 Å². The maximum Gasteiger partial charge on any atom is 0.573 e. The largest absolute Gasteiger partial charge is 0.573 e. The monoisotopic (exact) mass is 664 g/mol. The Morgan fingerprint density at radius 1 is 0.933 bits per heavy atom. The van der Waals surface area contributed by atoms with E-state index >= 15 is 0 Å². The van der Waals surface area contributed by atoms with E-state index in [1.807, 2.05) is 0 Å². The summed E-state index contributed by atoms with van der Waals surface area (Å²) in [6, 6.07) is 0.0922. The predicted molar refractivity (Wildman–Crippen MR) is 130 cm³/mol. The van der Waals surface area contributed by atoms with Crippen LogP contribution < -0.4 is 14.5 Å². The maximum atomic E-state index is 13.6. The molecule has 1 amide bonds. The van der Waals surface area contributed by atoms with Gasteiger partial charge in [-0.3, -0.25) is 4.79 Å². The number of alkyl halides is 12. The van der Waals surface area contributed by atoms with Gasteiger partial charge < -0.3 is 14.5 Å². The Labute approximate surface area is 245 Å². The van der Waals surface area contributed by atoms with Gasteiger partial charge >= 0.3 is 30.8 Å². The van der Waals surface area contributed by atoms with E-state index in [2.05, 4.69) is 20.1 Å². The number of amides is 1. The molecule has 2 heterocycles. The van der Waals surface area contributed by atoms with Crippen LogP contribution in [0.2, 0.25) is 0 Å². The van der Waals surface area contributed by atoms with Gasteiger partial charge in [-0.15, -0.1) is 18.3 Å². The first-order valence-corrected chi connectivity index (χ1v) is 12.7. The number of hydrogen-bond donors (Lipinski definition) is 0. The number of tetrazole rings is 1. The first-order valence-electron chi connectivity index (χ1n) is 12.7. The van der Waals surface area contributed by atoms with Crippen molar-refractivity contribution in [3.8, 4) is 5.75 Å². The molecule has 1 aliphatic heterocycles. The van der Waals surface area contributed by atoms with Crippen LogP contribution in [0, 0.1) is 0 Å². The second kappa shape index (κ2) is 11.6. The van der Waals surface area contributed by atoms with E-state index in [1.165, 1.54) is 14.0 Å². The van der Waals surface area contributed by atoms with Gasteiger partial charge in [0.1, 0.15) is 5.75 Å². The molecule has 0 aliphatic carbocycles. The number of carbonyl (C=O) groups excluding carboxylic acids is 1. The zero-order valence-corrected chi connectivity index (χ0v) is 22.8. The summed E-state index contributed by atoms with van der Waals surface area (Å²) >= 11 is 0. The van der Waals surface area contributed by atoms with Gasteiger partial charge in [0.2, 0.25) is 0 Å². The Morgan fingerprint density at radius 2 is 1.53 bits per heavy atom. The molecule has 0 radical (unpaired) electrons. The predicted octanol–water partition coefficient (Wildman–Crippen LogP) is 6.97. The lowest BCUT2D eigenvalue weighted by Crippen LogP contribution is -2.52. The first kappa shape index (κ1) is 33.6. The lowest BCUT2D eigenvalue weighted by molar-refractivity contribution is -0.274. The second-order valence-corrected chi connectivity index (χ2v) is 9.88. The number of anilines is 2. The number of benzene rings is 2. The summed E-state index contributed by atoms with van der Waals surface area (Å²) in [4.78, 5) is 14.7. The first-order chi connectivity index (χ1) is 20.6. The molecule has 4 rings (SSSR count). The summed E-state index contributed by atoms with van der Waals surface area (Å²) in [5, 5.41) is 11.3. The van der Waals surface area contributed by atoms with Crippen LogP contribution in [-0.2, 0) is 30.7 Å². The normalized spacial score (nSPS) is 17.7. The lowest BCUT2D eigenvalue weighted by Gasteiger charge is -2.44. The standard InChI is InChI=1S/C25H20F12N6O2/c1-3-15-9-19(17-10-16(45-25(35,36)37)4-5-18(17)43(15)20(44)24(32,33)34)42(21-38-40-41(2)39-21)11-12-6-13(22(26,27)28)8-14(7-12)23(29,30)31/h4-8,10,15,19H,3,9,11H2,1-2H3/t15-,19+/m1/s1. The van der Waals surface area contributed by atoms with Gasteiger partial charge in [-0.1, -0.05) is 12.0 Å². The minimum absolute atomic E-state index is 0.112. The summed E-state index contributed by atoms with van der Waals surface area (Å²) in [6.07, 6.45) is -21.8.